The summed E-state index contributed by atoms with van der Waals surface area (Å²) in [5.41, 5.74) is 1.19. The van der Waals surface area contributed by atoms with Crippen LogP contribution in [0.3, 0.4) is 0 Å². The molecule has 54 valence electrons. The van der Waals surface area contributed by atoms with E-state index in [1.165, 1.54) is 10.6 Å². The molecular weight excluding hydrogens is 142 g/mol. The second kappa shape index (κ2) is 1.92. The quantitative estimate of drug-likeness (QED) is 0.555. The fourth-order valence-corrected chi connectivity index (χ4v) is 1.18. The maximum Gasteiger partial charge on any atom is 0.255 e. The molecule has 0 bridgehead atoms. The molecule has 0 saturated carbocycles. The predicted octanol–water partition coefficient (Wildman–Crippen LogP) is 0.968. The van der Waals surface area contributed by atoms with Crippen molar-refractivity contribution in [2.24, 2.45) is 0 Å². The van der Waals surface area contributed by atoms with E-state index in [1.54, 1.807) is 18.2 Å². The van der Waals surface area contributed by atoms with Gasteiger partial charge in [0, 0.05) is 11.8 Å². The van der Waals surface area contributed by atoms with Crippen LogP contribution in [0.2, 0.25) is 0 Å². The highest BCUT2D eigenvalue weighted by molar-refractivity contribution is 6.02. The molecule has 0 fully saturated rings. The standard InChI is InChI=1S/C8H5NO2/c10-5-7-2-1-6-3-4-8(11)9(6)7/h1-5H. The largest absolute Gasteiger partial charge is 0.296 e. The number of hydrogen-bond acceptors (Lipinski definition) is 2. The van der Waals surface area contributed by atoms with E-state index < -0.39 is 0 Å². The fraction of sp³-hybridized carbons (Fsp3) is 0. The summed E-state index contributed by atoms with van der Waals surface area (Å²) in [6, 6.07) is 3.37. The Kier molecular flexibility index (Phi) is 1.06. The van der Waals surface area contributed by atoms with Crippen molar-refractivity contribution in [3.63, 3.8) is 0 Å². The van der Waals surface area contributed by atoms with Crippen LogP contribution in [0.15, 0.2) is 18.2 Å². The second-order valence-corrected chi connectivity index (χ2v) is 2.31. The summed E-state index contributed by atoms with van der Waals surface area (Å²) < 4.78 is 1.38. The highest BCUT2D eigenvalue weighted by Crippen LogP contribution is 2.14. The summed E-state index contributed by atoms with van der Waals surface area (Å²) in [7, 11) is 0. The molecule has 1 aliphatic rings. The van der Waals surface area contributed by atoms with Crippen LogP contribution in [0.1, 0.15) is 21.0 Å². The van der Waals surface area contributed by atoms with Gasteiger partial charge in [0.2, 0.25) is 0 Å². The number of carbonyl (C=O) groups is 2. The maximum absolute atomic E-state index is 11.0. The van der Waals surface area contributed by atoms with Crippen LogP contribution >= 0.6 is 0 Å². The Labute approximate surface area is 62.9 Å². The van der Waals surface area contributed by atoms with Gasteiger partial charge in [-0.25, -0.2) is 0 Å². The minimum atomic E-state index is -0.146. The molecule has 0 saturated heterocycles. The van der Waals surface area contributed by atoms with E-state index in [4.69, 9.17) is 0 Å². The molecule has 1 aromatic rings. The summed E-state index contributed by atoms with van der Waals surface area (Å²) in [4.78, 5) is 21.4. The third-order valence-corrected chi connectivity index (χ3v) is 1.68. The van der Waals surface area contributed by atoms with Gasteiger partial charge in [0.15, 0.2) is 6.29 Å². The number of aldehydes is 1. The van der Waals surface area contributed by atoms with Crippen LogP contribution in [0.4, 0.5) is 0 Å². The van der Waals surface area contributed by atoms with Crippen LogP contribution in [0, 0.1) is 0 Å². The lowest BCUT2D eigenvalue weighted by atomic mass is 10.4. The predicted molar refractivity (Wildman–Crippen MR) is 39.5 cm³/mol. The molecule has 3 heteroatoms. The SMILES string of the molecule is O=Cc1ccc2n1C(=O)C=C2. The Hall–Kier alpha value is -1.64. The van der Waals surface area contributed by atoms with Gasteiger partial charge in [0.1, 0.15) is 0 Å². The van der Waals surface area contributed by atoms with Gasteiger partial charge < -0.3 is 0 Å². The molecule has 0 N–H and O–H groups in total. The Morgan fingerprint density at radius 2 is 2.09 bits per heavy atom. The first-order valence-electron chi connectivity index (χ1n) is 3.22. The number of rotatable bonds is 1. The third-order valence-electron chi connectivity index (χ3n) is 1.68. The van der Waals surface area contributed by atoms with Crippen molar-refractivity contribution < 1.29 is 9.59 Å². The Bertz CT molecular complexity index is 360. The number of carbonyl (C=O) groups excluding carboxylic acids is 2. The van der Waals surface area contributed by atoms with Gasteiger partial charge in [-0.15, -0.1) is 0 Å². The summed E-state index contributed by atoms with van der Waals surface area (Å²) >= 11 is 0. The van der Waals surface area contributed by atoms with Gasteiger partial charge in [0.05, 0.1) is 5.69 Å². The van der Waals surface area contributed by atoms with Crippen LogP contribution in [0.25, 0.3) is 6.08 Å². The van der Waals surface area contributed by atoms with E-state index in [1.807, 2.05) is 0 Å². The molecule has 0 radical (unpaired) electrons. The highest BCUT2D eigenvalue weighted by atomic mass is 16.2. The zero-order valence-electron chi connectivity index (χ0n) is 5.65. The number of aromatic nitrogens is 1. The van der Waals surface area contributed by atoms with Crippen molar-refractivity contribution in [2.45, 2.75) is 0 Å². The molecule has 2 heterocycles. The van der Waals surface area contributed by atoms with Crippen molar-refractivity contribution in [1.29, 1.82) is 0 Å². The number of fused-ring (bicyclic) bond motifs is 1. The molecule has 0 spiro atoms. The normalized spacial score (nSPS) is 13.6. The van der Waals surface area contributed by atoms with Crippen LogP contribution < -0.4 is 0 Å². The van der Waals surface area contributed by atoms with Crippen molar-refractivity contribution in [1.82, 2.24) is 4.57 Å². The van der Waals surface area contributed by atoms with Crippen molar-refractivity contribution in [2.75, 3.05) is 0 Å². The van der Waals surface area contributed by atoms with Crippen LogP contribution in [-0.2, 0) is 0 Å². The molecular formula is C8H5NO2. The van der Waals surface area contributed by atoms with Gasteiger partial charge in [-0.3, -0.25) is 14.2 Å². The third kappa shape index (κ3) is 0.676. The zero-order chi connectivity index (χ0) is 7.84. The van der Waals surface area contributed by atoms with Crippen molar-refractivity contribution in [3.8, 4) is 0 Å². The van der Waals surface area contributed by atoms with Crippen LogP contribution in [0.5, 0.6) is 0 Å². The lowest BCUT2D eigenvalue weighted by Gasteiger charge is -1.95. The van der Waals surface area contributed by atoms with Crippen LogP contribution in [-0.4, -0.2) is 16.8 Å². The number of nitrogens with zero attached hydrogens (tertiary/aromatic N) is 1. The van der Waals surface area contributed by atoms with Gasteiger partial charge >= 0.3 is 0 Å². The summed E-state index contributed by atoms with van der Waals surface area (Å²) in [5, 5.41) is 0. The smallest absolute Gasteiger partial charge is 0.255 e. The number of allylic oxidation sites excluding steroid dienone is 1. The zero-order valence-corrected chi connectivity index (χ0v) is 5.65. The van der Waals surface area contributed by atoms with E-state index in [0.717, 1.165) is 5.69 Å². The Morgan fingerprint density at radius 3 is 2.82 bits per heavy atom. The fourth-order valence-electron chi connectivity index (χ4n) is 1.18. The monoisotopic (exact) mass is 147 g/mol. The molecule has 0 atom stereocenters. The molecule has 0 amide bonds. The molecule has 0 aliphatic carbocycles. The van der Waals surface area contributed by atoms with E-state index >= 15 is 0 Å². The molecule has 1 aliphatic heterocycles. The summed E-state index contributed by atoms with van der Waals surface area (Å²) in [6.45, 7) is 0. The second-order valence-electron chi connectivity index (χ2n) is 2.31. The molecule has 1 aromatic heterocycles. The van der Waals surface area contributed by atoms with Gasteiger partial charge in [-0.05, 0) is 18.2 Å². The van der Waals surface area contributed by atoms with E-state index in [0.29, 0.717) is 12.0 Å². The summed E-state index contributed by atoms with van der Waals surface area (Å²) in [6.07, 6.45) is 3.81. The molecule has 2 rings (SSSR count). The van der Waals surface area contributed by atoms with Crippen molar-refractivity contribution in [3.05, 3.63) is 29.6 Å². The first-order chi connectivity index (χ1) is 5.33. The minimum absolute atomic E-state index is 0.146. The average molecular weight is 147 g/mol. The van der Waals surface area contributed by atoms with Crippen molar-refractivity contribution >= 4 is 18.3 Å². The summed E-state index contributed by atoms with van der Waals surface area (Å²) in [5.74, 6) is -0.146. The topological polar surface area (TPSA) is 39.1 Å². The molecule has 0 unspecified atom stereocenters. The first kappa shape index (κ1) is 6.09. The lowest BCUT2D eigenvalue weighted by molar-refractivity contribution is 0.0960. The number of hydrogen-bond donors (Lipinski definition) is 0. The van der Waals surface area contributed by atoms with E-state index in [9.17, 15) is 9.59 Å². The Balaban J connectivity index is 2.69. The maximum atomic E-state index is 11.0. The van der Waals surface area contributed by atoms with Gasteiger partial charge in [0.25, 0.3) is 5.91 Å². The van der Waals surface area contributed by atoms with Gasteiger partial charge in [-0.2, -0.15) is 0 Å². The Morgan fingerprint density at radius 1 is 1.27 bits per heavy atom. The lowest BCUT2D eigenvalue weighted by Crippen LogP contribution is -2.07. The van der Waals surface area contributed by atoms with Gasteiger partial charge in [-0.1, -0.05) is 0 Å². The van der Waals surface area contributed by atoms with E-state index in [-0.39, 0.29) is 5.91 Å². The van der Waals surface area contributed by atoms with E-state index in [2.05, 4.69) is 0 Å². The minimum Gasteiger partial charge on any atom is -0.296 e. The first-order valence-corrected chi connectivity index (χ1v) is 3.22. The molecule has 11 heavy (non-hydrogen) atoms. The molecule has 3 nitrogen and oxygen atoms in total. The highest BCUT2D eigenvalue weighted by Gasteiger charge is 2.15. The average Bonchev–Trinajstić information content (AvgIpc) is 2.54. The molecule has 0 aromatic carbocycles.